The molecule has 2 bridgehead atoms. The van der Waals surface area contributed by atoms with Crippen LogP contribution >= 0.6 is 11.3 Å². The Balaban J connectivity index is 1.44. The van der Waals surface area contributed by atoms with E-state index in [-0.39, 0.29) is 24.0 Å². The number of carboxylic acid groups (broad SMARTS) is 1. The smallest absolute Gasteiger partial charge is 0.310 e. The molecule has 3 fully saturated rings. The van der Waals surface area contributed by atoms with Crippen molar-refractivity contribution in [3.63, 3.8) is 0 Å². The molecule has 1 aromatic heterocycles. The molecule has 0 aromatic carbocycles. The fourth-order valence-electron chi connectivity index (χ4n) is 5.66. The zero-order valence-corrected chi connectivity index (χ0v) is 17.8. The number of hydrogen-bond acceptors (Lipinski definition) is 5. The van der Waals surface area contributed by atoms with Gasteiger partial charge in [-0.1, -0.05) is 0 Å². The summed E-state index contributed by atoms with van der Waals surface area (Å²) in [5.41, 5.74) is 1.75. The quantitative estimate of drug-likeness (QED) is 0.762. The Kier molecular flexibility index (Phi) is 5.31. The summed E-state index contributed by atoms with van der Waals surface area (Å²) in [6.45, 7) is 1.52. The Labute approximate surface area is 179 Å². The summed E-state index contributed by atoms with van der Waals surface area (Å²) in [6, 6.07) is 0. The highest BCUT2D eigenvalue weighted by Gasteiger charge is 2.55. The largest absolute Gasteiger partial charge is 0.481 e. The number of aryl methyl sites for hydroxylation is 1. The monoisotopic (exact) mass is 432 g/mol. The molecule has 4 atom stereocenters. The van der Waals surface area contributed by atoms with E-state index in [2.05, 4.69) is 5.32 Å². The summed E-state index contributed by atoms with van der Waals surface area (Å²) in [5, 5.41) is 13.2. The highest BCUT2D eigenvalue weighted by Crippen LogP contribution is 2.45. The van der Waals surface area contributed by atoms with Gasteiger partial charge in [0.2, 0.25) is 5.91 Å². The number of hydrogen-bond donors (Lipinski definition) is 2. The van der Waals surface area contributed by atoms with Gasteiger partial charge in [0.05, 0.1) is 29.6 Å². The predicted molar refractivity (Wildman–Crippen MR) is 112 cm³/mol. The number of piperidine rings is 1. The Morgan fingerprint density at radius 1 is 0.967 bits per heavy atom. The summed E-state index contributed by atoms with van der Waals surface area (Å²) in [5.74, 6) is -2.78. The standard InChI is InChI=1S/C22H28N2O5S/c25-19(17-13-8-9-14(29-13)18(17)22(27)28)23-20-16(12-6-2-3-7-15(12)30-20)21(26)24-10-4-1-5-11-24/h13-14,17-18H,1-11H2,(H,23,25)(H,27,28). The molecular weight excluding hydrogens is 404 g/mol. The van der Waals surface area contributed by atoms with Crippen LogP contribution in [0.3, 0.4) is 0 Å². The molecule has 1 aromatic rings. The van der Waals surface area contributed by atoms with Gasteiger partial charge in [-0.3, -0.25) is 14.4 Å². The van der Waals surface area contributed by atoms with Crippen LogP contribution in [0.25, 0.3) is 0 Å². The zero-order valence-electron chi connectivity index (χ0n) is 17.0. The number of carbonyl (C=O) groups is 3. The minimum absolute atomic E-state index is 0.0170. The number of anilines is 1. The molecule has 0 radical (unpaired) electrons. The Bertz CT molecular complexity index is 875. The van der Waals surface area contributed by atoms with E-state index >= 15 is 0 Å². The maximum Gasteiger partial charge on any atom is 0.310 e. The molecule has 0 saturated carbocycles. The number of fused-ring (bicyclic) bond motifs is 3. The van der Waals surface area contributed by atoms with Crippen LogP contribution in [-0.4, -0.2) is 53.1 Å². The minimum Gasteiger partial charge on any atom is -0.481 e. The van der Waals surface area contributed by atoms with Gasteiger partial charge in [-0.25, -0.2) is 0 Å². The van der Waals surface area contributed by atoms with Crippen LogP contribution < -0.4 is 5.32 Å². The van der Waals surface area contributed by atoms with Crippen molar-refractivity contribution in [3.8, 4) is 0 Å². The third-order valence-corrected chi connectivity index (χ3v) is 8.33. The first kappa shape index (κ1) is 20.0. The lowest BCUT2D eigenvalue weighted by atomic mass is 9.78. The van der Waals surface area contributed by atoms with Crippen molar-refractivity contribution in [1.82, 2.24) is 4.90 Å². The number of likely N-dealkylation sites (tertiary alicyclic amines) is 1. The molecule has 2 amide bonds. The van der Waals surface area contributed by atoms with Crippen LogP contribution in [-0.2, 0) is 27.2 Å². The SMILES string of the molecule is O=C(O)C1C2CCC(O2)C1C(=O)Nc1sc2c(c1C(=O)N1CCCCC1)CCCC2. The summed E-state index contributed by atoms with van der Waals surface area (Å²) in [6.07, 6.45) is 7.82. The maximum atomic E-state index is 13.4. The molecule has 5 rings (SSSR count). The fraction of sp³-hybridized carbons (Fsp3) is 0.682. The average Bonchev–Trinajstić information content (AvgIpc) is 3.46. The van der Waals surface area contributed by atoms with E-state index in [4.69, 9.17) is 4.74 Å². The molecule has 162 valence electrons. The number of carboxylic acids is 1. The summed E-state index contributed by atoms with van der Waals surface area (Å²) in [4.78, 5) is 41.5. The van der Waals surface area contributed by atoms with Crippen molar-refractivity contribution >= 4 is 34.1 Å². The molecule has 3 saturated heterocycles. The number of thiophene rings is 1. The number of nitrogens with zero attached hydrogens (tertiary/aromatic N) is 1. The second kappa shape index (κ2) is 7.96. The third kappa shape index (κ3) is 3.34. The highest BCUT2D eigenvalue weighted by atomic mass is 32.1. The van der Waals surface area contributed by atoms with Crippen LogP contribution in [0.1, 0.15) is 65.7 Å². The second-order valence-electron chi connectivity index (χ2n) is 8.94. The Morgan fingerprint density at radius 3 is 2.40 bits per heavy atom. The van der Waals surface area contributed by atoms with Crippen molar-refractivity contribution in [2.24, 2.45) is 11.8 Å². The lowest BCUT2D eigenvalue weighted by Gasteiger charge is -2.28. The van der Waals surface area contributed by atoms with Crippen LogP contribution in [0.4, 0.5) is 5.00 Å². The van der Waals surface area contributed by atoms with E-state index in [9.17, 15) is 19.5 Å². The van der Waals surface area contributed by atoms with E-state index in [0.717, 1.165) is 63.6 Å². The normalized spacial score (nSPS) is 30.2. The first-order chi connectivity index (χ1) is 14.5. The number of rotatable bonds is 4. The van der Waals surface area contributed by atoms with Gasteiger partial charge in [0.1, 0.15) is 5.00 Å². The van der Waals surface area contributed by atoms with Gasteiger partial charge in [-0.05, 0) is 63.4 Å². The number of ether oxygens (including phenoxy) is 1. The fourth-order valence-corrected chi connectivity index (χ4v) is 6.94. The summed E-state index contributed by atoms with van der Waals surface area (Å²) in [7, 11) is 0. The van der Waals surface area contributed by atoms with E-state index < -0.39 is 17.8 Å². The number of nitrogens with one attached hydrogen (secondary N) is 1. The number of amides is 2. The molecule has 8 heteroatoms. The van der Waals surface area contributed by atoms with Crippen molar-refractivity contribution in [2.45, 2.75) is 70.0 Å². The zero-order chi connectivity index (χ0) is 20.8. The van der Waals surface area contributed by atoms with E-state index in [1.54, 1.807) is 0 Å². The Morgan fingerprint density at radius 2 is 1.67 bits per heavy atom. The Hall–Kier alpha value is -1.93. The van der Waals surface area contributed by atoms with Crippen molar-refractivity contribution in [1.29, 1.82) is 0 Å². The molecule has 4 unspecified atom stereocenters. The predicted octanol–water partition coefficient (Wildman–Crippen LogP) is 3.07. The van der Waals surface area contributed by atoms with Gasteiger partial charge >= 0.3 is 5.97 Å². The van der Waals surface area contributed by atoms with Crippen LogP contribution in [0.15, 0.2) is 0 Å². The van der Waals surface area contributed by atoms with Crippen LogP contribution in [0.5, 0.6) is 0 Å². The molecular formula is C22H28N2O5S. The summed E-state index contributed by atoms with van der Waals surface area (Å²) < 4.78 is 5.76. The van der Waals surface area contributed by atoms with Gasteiger partial charge < -0.3 is 20.1 Å². The lowest BCUT2D eigenvalue weighted by Crippen LogP contribution is -2.41. The topological polar surface area (TPSA) is 95.9 Å². The van der Waals surface area contributed by atoms with E-state index in [1.165, 1.54) is 16.2 Å². The van der Waals surface area contributed by atoms with E-state index in [1.807, 2.05) is 4.90 Å². The molecule has 7 nitrogen and oxygen atoms in total. The van der Waals surface area contributed by atoms with Gasteiger partial charge in [-0.15, -0.1) is 11.3 Å². The first-order valence-corrected chi connectivity index (χ1v) is 12.0. The third-order valence-electron chi connectivity index (χ3n) is 7.13. The van der Waals surface area contributed by atoms with Crippen molar-refractivity contribution in [3.05, 3.63) is 16.0 Å². The summed E-state index contributed by atoms with van der Waals surface area (Å²) >= 11 is 1.50. The molecule has 4 heterocycles. The molecule has 3 aliphatic heterocycles. The first-order valence-electron chi connectivity index (χ1n) is 11.2. The maximum absolute atomic E-state index is 13.4. The lowest BCUT2D eigenvalue weighted by molar-refractivity contribution is -0.147. The molecule has 4 aliphatic rings. The van der Waals surface area contributed by atoms with E-state index in [0.29, 0.717) is 23.4 Å². The molecule has 2 N–H and O–H groups in total. The number of aliphatic carboxylic acids is 1. The van der Waals surface area contributed by atoms with Crippen LogP contribution in [0.2, 0.25) is 0 Å². The highest BCUT2D eigenvalue weighted by molar-refractivity contribution is 7.17. The molecule has 1 aliphatic carbocycles. The van der Waals surface area contributed by atoms with Gasteiger partial charge in [0.15, 0.2) is 0 Å². The molecule has 30 heavy (non-hydrogen) atoms. The average molecular weight is 433 g/mol. The van der Waals surface area contributed by atoms with Gasteiger partial charge in [0.25, 0.3) is 5.91 Å². The van der Waals surface area contributed by atoms with Crippen molar-refractivity contribution < 1.29 is 24.2 Å². The number of carbonyl (C=O) groups excluding carboxylic acids is 2. The van der Waals surface area contributed by atoms with Gasteiger partial charge in [0, 0.05) is 18.0 Å². The van der Waals surface area contributed by atoms with Crippen molar-refractivity contribution in [2.75, 3.05) is 18.4 Å². The second-order valence-corrected chi connectivity index (χ2v) is 10.0. The van der Waals surface area contributed by atoms with Crippen LogP contribution in [0, 0.1) is 11.8 Å². The molecule has 0 spiro atoms. The van der Waals surface area contributed by atoms with Gasteiger partial charge in [-0.2, -0.15) is 0 Å². The minimum atomic E-state index is -0.975.